The maximum Gasteiger partial charge on any atom is 0.159 e. The molecule has 9 aromatic heterocycles. The van der Waals surface area contributed by atoms with Crippen LogP contribution < -0.4 is 0 Å². The van der Waals surface area contributed by atoms with Crippen LogP contribution in [0.3, 0.4) is 0 Å². The zero-order valence-electron chi connectivity index (χ0n) is 55.7. The fourth-order valence-electron chi connectivity index (χ4n) is 18.1. The summed E-state index contributed by atoms with van der Waals surface area (Å²) in [5.74, 6) is 0. The Morgan fingerprint density at radius 2 is 0.343 bits per heavy atom. The first-order valence-electron chi connectivity index (χ1n) is 35.6. The van der Waals surface area contributed by atoms with Crippen molar-refractivity contribution in [3.63, 3.8) is 0 Å². The number of para-hydroxylation sites is 12. The van der Waals surface area contributed by atoms with Gasteiger partial charge in [-0.2, -0.15) is 0 Å². The predicted octanol–water partition coefficient (Wildman–Crippen LogP) is 27.4. The SMILES string of the molecule is c1cc(-c2cc(-c3cccc4c3oc3cc5c(cc34)oc3c(-n4c6ccccc6c6ccccc64)cccc35)cc(-c3cccc4c3oc3cc5c(cc34)oc3c(-n4c6ccccc6c6ccccc64)cccc35)c2)c2oc3cc4c(cc3c2c1)oc1c(-n2c3ccccc3c3ccccc32)cccc14. The molecule has 9 heteroatoms. The molecule has 0 aliphatic carbocycles. The molecule has 0 saturated carbocycles. The Hall–Kier alpha value is -14.3. The van der Waals surface area contributed by atoms with E-state index in [4.69, 9.17) is 26.5 Å². The smallest absolute Gasteiger partial charge is 0.159 e. The summed E-state index contributed by atoms with van der Waals surface area (Å²) in [6.07, 6.45) is 0. The lowest BCUT2D eigenvalue weighted by Crippen LogP contribution is -1.93. The number of aromatic nitrogens is 3. The molecule has 9 nitrogen and oxygen atoms in total. The van der Waals surface area contributed by atoms with Crippen LogP contribution in [-0.2, 0) is 0 Å². The van der Waals surface area contributed by atoms with Gasteiger partial charge in [0.25, 0.3) is 0 Å². The zero-order valence-corrected chi connectivity index (χ0v) is 55.7. The third kappa shape index (κ3) is 7.48. The summed E-state index contributed by atoms with van der Waals surface area (Å²) in [5, 5.41) is 19.0. The zero-order chi connectivity index (χ0) is 68.0. The Morgan fingerprint density at radius 3 is 0.581 bits per heavy atom. The van der Waals surface area contributed by atoms with Crippen molar-refractivity contribution >= 4 is 197 Å². The second kappa shape index (κ2) is 20.3. The molecule has 0 fully saturated rings. The van der Waals surface area contributed by atoms with Crippen LogP contribution >= 0.6 is 0 Å². The molecule has 0 aliphatic heterocycles. The molecule has 0 bridgehead atoms. The van der Waals surface area contributed by atoms with Gasteiger partial charge in [0.05, 0.1) is 50.2 Å². The van der Waals surface area contributed by atoms with Crippen molar-refractivity contribution in [2.45, 2.75) is 0 Å². The van der Waals surface area contributed by atoms with Crippen LogP contribution in [-0.4, -0.2) is 13.7 Å². The number of hydrogen-bond donors (Lipinski definition) is 0. The van der Waals surface area contributed by atoms with E-state index in [0.29, 0.717) is 0 Å². The summed E-state index contributed by atoms with van der Waals surface area (Å²) in [6.45, 7) is 0. The van der Waals surface area contributed by atoms with Gasteiger partial charge in [-0.05, 0) is 126 Å². The van der Waals surface area contributed by atoms with Crippen molar-refractivity contribution in [3.05, 3.63) is 309 Å². The molecular weight excluding hydrogens is 1290 g/mol. The Morgan fingerprint density at radius 1 is 0.152 bits per heavy atom. The van der Waals surface area contributed by atoms with Crippen LogP contribution in [0.15, 0.2) is 336 Å². The lowest BCUT2D eigenvalue weighted by Gasteiger charge is -2.12. The fraction of sp³-hybridized carbons (Fsp3) is 0. The minimum atomic E-state index is 0.772. The van der Waals surface area contributed by atoms with E-state index in [9.17, 15) is 0 Å². The molecule has 16 aromatic carbocycles. The molecule has 25 aromatic rings. The molecular formula is C96H51N3O6. The highest BCUT2D eigenvalue weighted by Crippen LogP contribution is 2.50. The van der Waals surface area contributed by atoms with Crippen molar-refractivity contribution in [2.24, 2.45) is 0 Å². The topological polar surface area (TPSA) is 93.6 Å². The molecule has 9 heterocycles. The molecule has 0 N–H and O–H groups in total. The van der Waals surface area contributed by atoms with Gasteiger partial charge in [-0.25, -0.2) is 0 Å². The van der Waals surface area contributed by atoms with Crippen molar-refractivity contribution in [3.8, 4) is 50.4 Å². The number of nitrogens with zero attached hydrogens (tertiary/aromatic N) is 3. The molecule has 0 spiro atoms. The highest BCUT2D eigenvalue weighted by Gasteiger charge is 2.27. The Kier molecular flexibility index (Phi) is 10.7. The Balaban J connectivity index is 0.674. The largest absolute Gasteiger partial charge is 0.455 e. The van der Waals surface area contributed by atoms with Gasteiger partial charge < -0.3 is 40.2 Å². The summed E-state index contributed by atoms with van der Waals surface area (Å²) in [7, 11) is 0. The first-order valence-corrected chi connectivity index (χ1v) is 35.6. The second-order valence-electron chi connectivity index (χ2n) is 28.1. The van der Waals surface area contributed by atoms with Crippen LogP contribution in [0.2, 0.25) is 0 Å². The lowest BCUT2D eigenvalue weighted by molar-refractivity contribution is 0.663. The van der Waals surface area contributed by atoms with Gasteiger partial charge in [-0.3, -0.25) is 0 Å². The maximum absolute atomic E-state index is 7.24. The van der Waals surface area contributed by atoms with Crippen molar-refractivity contribution in [1.29, 1.82) is 0 Å². The first kappa shape index (κ1) is 55.5. The van der Waals surface area contributed by atoms with Crippen LogP contribution in [0.1, 0.15) is 0 Å². The van der Waals surface area contributed by atoms with Crippen molar-refractivity contribution in [2.75, 3.05) is 0 Å². The van der Waals surface area contributed by atoms with Gasteiger partial charge in [-0.15, -0.1) is 0 Å². The third-order valence-electron chi connectivity index (χ3n) is 22.6. The Bertz CT molecular complexity index is 7260. The minimum absolute atomic E-state index is 0.772. The summed E-state index contributed by atoms with van der Waals surface area (Å²) >= 11 is 0. The van der Waals surface area contributed by atoms with Gasteiger partial charge in [0.2, 0.25) is 0 Å². The van der Waals surface area contributed by atoms with Gasteiger partial charge in [0.15, 0.2) is 16.7 Å². The standard InChI is InChI=1S/C96H51N3O6/c1-7-34-76-58(19-1)59-20-2-8-35-77(59)97(76)82-40-16-31-67-73-49-85-70(46-88(73)103-94(67)82)64-28-13-25-55(91(64)100-85)52-43-53(56-26-14-29-65-71-47-89-74(50-86(71)101-92(56)65)68-32-17-41-83(95(68)104-89)98-78-36-9-3-21-60(78)61-22-4-10-37-79(61)98)45-54(44-52)57-27-15-30-66-72-48-90-75(51-87(72)102-93(57)66)69-33-18-42-84(96(69)105-90)99-80-38-11-5-23-62(80)63-24-6-12-39-81(63)99/h1-51H. The summed E-state index contributed by atoms with van der Waals surface area (Å²) in [4.78, 5) is 0. The number of rotatable bonds is 6. The summed E-state index contributed by atoms with van der Waals surface area (Å²) < 4.78 is 49.9. The summed E-state index contributed by atoms with van der Waals surface area (Å²) in [6, 6.07) is 110. The lowest BCUT2D eigenvalue weighted by atomic mass is 9.91. The highest BCUT2D eigenvalue weighted by atomic mass is 16.4. The molecule has 0 unspecified atom stereocenters. The molecule has 25 rings (SSSR count). The molecule has 0 radical (unpaired) electrons. The van der Waals surface area contributed by atoms with E-state index in [0.717, 1.165) is 215 Å². The average Bonchev–Trinajstić information content (AvgIpc) is 1.58. The highest BCUT2D eigenvalue weighted by molar-refractivity contribution is 6.23. The molecule has 0 saturated heterocycles. The van der Waals surface area contributed by atoms with E-state index in [2.05, 4.69) is 323 Å². The average molecular weight is 1340 g/mol. The molecule has 105 heavy (non-hydrogen) atoms. The van der Waals surface area contributed by atoms with E-state index in [1.54, 1.807) is 0 Å². The van der Waals surface area contributed by atoms with E-state index >= 15 is 0 Å². The second-order valence-corrected chi connectivity index (χ2v) is 28.1. The van der Waals surface area contributed by atoms with Crippen LogP contribution in [0.25, 0.3) is 247 Å². The molecule has 0 aliphatic rings. The van der Waals surface area contributed by atoms with Crippen LogP contribution in [0.5, 0.6) is 0 Å². The van der Waals surface area contributed by atoms with Gasteiger partial charge in [-0.1, -0.05) is 200 Å². The predicted molar refractivity (Wildman–Crippen MR) is 429 cm³/mol. The van der Waals surface area contributed by atoms with E-state index in [1.807, 2.05) is 0 Å². The van der Waals surface area contributed by atoms with Crippen LogP contribution in [0, 0.1) is 0 Å². The van der Waals surface area contributed by atoms with Gasteiger partial charge in [0.1, 0.15) is 50.2 Å². The minimum Gasteiger partial charge on any atom is -0.455 e. The van der Waals surface area contributed by atoms with Gasteiger partial charge >= 0.3 is 0 Å². The maximum atomic E-state index is 7.24. The van der Waals surface area contributed by atoms with Crippen LogP contribution in [0.4, 0.5) is 0 Å². The van der Waals surface area contributed by atoms with Crippen molar-refractivity contribution in [1.82, 2.24) is 13.7 Å². The Labute approximate surface area is 593 Å². The first-order chi connectivity index (χ1) is 52.0. The molecule has 0 amide bonds. The fourth-order valence-corrected chi connectivity index (χ4v) is 18.1. The number of furan rings is 6. The molecule has 0 atom stereocenters. The monoisotopic (exact) mass is 1340 g/mol. The van der Waals surface area contributed by atoms with Crippen molar-refractivity contribution < 1.29 is 26.5 Å². The normalized spacial score (nSPS) is 12.6. The quantitative estimate of drug-likeness (QED) is 0.165. The summed E-state index contributed by atoms with van der Waals surface area (Å²) in [5.41, 5.74) is 24.9. The third-order valence-corrected chi connectivity index (χ3v) is 22.6. The number of benzene rings is 16. The molecule has 486 valence electrons. The van der Waals surface area contributed by atoms with Gasteiger partial charge in [0, 0.05) is 114 Å². The van der Waals surface area contributed by atoms with E-state index in [1.165, 1.54) is 32.3 Å². The number of hydrogen-bond acceptors (Lipinski definition) is 6. The number of fused-ring (bicyclic) bond motifs is 27. The van der Waals surface area contributed by atoms with E-state index < -0.39 is 0 Å². The van der Waals surface area contributed by atoms with E-state index in [-0.39, 0.29) is 0 Å².